The van der Waals surface area contributed by atoms with Gasteiger partial charge in [0.05, 0.1) is 5.56 Å². The number of hydrogen-bond donors (Lipinski definition) is 0. The van der Waals surface area contributed by atoms with Gasteiger partial charge < -0.3 is 4.74 Å². The molecule has 5 aliphatic carbocycles. The number of benzene rings is 1. The van der Waals surface area contributed by atoms with Gasteiger partial charge in [-0.2, -0.15) is 0 Å². The Bertz CT molecular complexity index is 1110. The molecule has 8 atom stereocenters. The van der Waals surface area contributed by atoms with E-state index in [2.05, 4.69) is 54.5 Å². The van der Waals surface area contributed by atoms with Gasteiger partial charge in [0.15, 0.2) is 0 Å². The average Bonchev–Trinajstić information content (AvgIpc) is 2.86. The first-order valence-corrected chi connectivity index (χ1v) is 15.8. The van der Waals surface area contributed by atoms with Gasteiger partial charge in [-0.05, 0) is 122 Å². The van der Waals surface area contributed by atoms with Gasteiger partial charge in [-0.25, -0.2) is 4.79 Å². The lowest BCUT2D eigenvalue weighted by Crippen LogP contribution is -2.62. The number of hydrogen-bond acceptors (Lipinski definition) is 2. The molecular weight excluding hydrogens is 464 g/mol. The molecule has 0 saturated heterocycles. The van der Waals surface area contributed by atoms with E-state index in [1.807, 2.05) is 35.9 Å². The van der Waals surface area contributed by atoms with Crippen LogP contribution >= 0.6 is 0 Å². The normalized spacial score (nSPS) is 44.9. The number of carbonyl (C=O) groups is 1. The summed E-state index contributed by atoms with van der Waals surface area (Å²) in [6.07, 6.45) is 15.8. The molecule has 38 heavy (non-hydrogen) atoms. The Labute approximate surface area is 232 Å². The Hall–Kier alpha value is -1.57. The first-order chi connectivity index (χ1) is 17.8. The van der Waals surface area contributed by atoms with Crippen LogP contribution in [0.2, 0.25) is 0 Å². The van der Waals surface area contributed by atoms with Gasteiger partial charge in [-0.3, -0.25) is 0 Å². The molecule has 0 amide bonds. The van der Waals surface area contributed by atoms with Crippen LogP contribution in [-0.2, 0) is 4.74 Å². The van der Waals surface area contributed by atoms with Crippen LogP contribution in [0.1, 0.15) is 123 Å². The lowest BCUT2D eigenvalue weighted by atomic mass is 9.37. The first kappa shape index (κ1) is 26.6. The Balaban J connectivity index is 1.27. The predicted octanol–water partition coefficient (Wildman–Crippen LogP) is 9.64. The molecule has 1 aromatic rings. The Morgan fingerprint density at radius 3 is 2.21 bits per heavy atom. The lowest BCUT2D eigenvalue weighted by Gasteiger charge is -2.68. The highest BCUT2D eigenvalue weighted by Crippen LogP contribution is 2.72. The maximum atomic E-state index is 13.0. The molecule has 5 aliphatic rings. The first-order valence-electron chi connectivity index (χ1n) is 15.8. The van der Waals surface area contributed by atoms with Gasteiger partial charge >= 0.3 is 5.97 Å². The van der Waals surface area contributed by atoms with E-state index >= 15 is 0 Å². The highest BCUT2D eigenvalue weighted by Gasteiger charge is 2.65. The van der Waals surface area contributed by atoms with Crippen molar-refractivity contribution < 1.29 is 9.53 Å². The quantitative estimate of drug-likeness (QED) is 0.289. The third-order valence-electron chi connectivity index (χ3n) is 13.5. The molecule has 8 unspecified atom stereocenters. The molecule has 208 valence electrons. The molecular formula is C36H52O2. The maximum absolute atomic E-state index is 13.0. The summed E-state index contributed by atoms with van der Waals surface area (Å²) in [5.41, 5.74) is 4.24. The zero-order valence-electron chi connectivity index (χ0n) is 25.2. The van der Waals surface area contributed by atoms with Crippen molar-refractivity contribution in [2.24, 2.45) is 50.7 Å². The van der Waals surface area contributed by atoms with Gasteiger partial charge in [-0.1, -0.05) is 78.3 Å². The van der Waals surface area contributed by atoms with E-state index in [0.29, 0.717) is 33.1 Å². The van der Waals surface area contributed by atoms with Crippen LogP contribution in [0.3, 0.4) is 0 Å². The van der Waals surface area contributed by atoms with Crippen LogP contribution in [0, 0.1) is 50.7 Å². The highest BCUT2D eigenvalue weighted by atomic mass is 16.5. The fourth-order valence-electron chi connectivity index (χ4n) is 11.2. The van der Waals surface area contributed by atoms with Crippen LogP contribution in [0.25, 0.3) is 0 Å². The van der Waals surface area contributed by atoms with E-state index < -0.39 is 0 Å². The zero-order valence-corrected chi connectivity index (χ0v) is 25.2. The largest absolute Gasteiger partial charge is 0.458 e. The third-order valence-corrected chi connectivity index (χ3v) is 13.5. The van der Waals surface area contributed by atoms with Gasteiger partial charge in [0.1, 0.15) is 6.10 Å². The van der Waals surface area contributed by atoms with E-state index in [1.54, 1.807) is 0 Å². The van der Waals surface area contributed by atoms with Gasteiger partial charge in [0, 0.05) is 5.41 Å². The lowest BCUT2D eigenvalue weighted by molar-refractivity contribution is -0.186. The topological polar surface area (TPSA) is 26.3 Å². The minimum atomic E-state index is -0.154. The van der Waals surface area contributed by atoms with Crippen molar-refractivity contribution in [1.29, 1.82) is 0 Å². The SMILES string of the molecule is CC1(C)CCC2(C)CCC3C(=CCC4C3(C)CCC3C(C)(C)C(OC(=O)c5ccccc5)CCC34C)C2C1. The molecule has 2 nitrogen and oxygen atoms in total. The summed E-state index contributed by atoms with van der Waals surface area (Å²) in [5.74, 6) is 2.72. The smallest absolute Gasteiger partial charge is 0.338 e. The summed E-state index contributed by atoms with van der Waals surface area (Å²) in [7, 11) is 0. The monoisotopic (exact) mass is 516 g/mol. The van der Waals surface area contributed by atoms with Crippen molar-refractivity contribution in [1.82, 2.24) is 0 Å². The number of carbonyl (C=O) groups excluding carboxylic acids is 1. The summed E-state index contributed by atoms with van der Waals surface area (Å²) in [6.45, 7) is 17.8. The fourth-order valence-corrected chi connectivity index (χ4v) is 11.2. The minimum absolute atomic E-state index is 0.00723. The molecule has 4 saturated carbocycles. The van der Waals surface area contributed by atoms with Crippen LogP contribution < -0.4 is 0 Å². The molecule has 0 heterocycles. The fraction of sp³-hybridized carbons (Fsp3) is 0.750. The molecule has 0 radical (unpaired) electrons. The number of esters is 1. The molecule has 4 fully saturated rings. The summed E-state index contributed by atoms with van der Waals surface area (Å²) >= 11 is 0. The standard InChI is InChI=1S/C36H52O2/c1-32(2)21-22-34(5)18-15-26-25(27(34)23-32)13-14-29-35(26,6)19-16-28-33(3,4)30(17-20-36(28,29)7)38-31(37)24-11-9-8-10-12-24/h8-13,26-30H,14-23H2,1-7H3. The predicted molar refractivity (Wildman–Crippen MR) is 156 cm³/mol. The van der Waals surface area contributed by atoms with E-state index in [9.17, 15) is 4.79 Å². The second kappa shape index (κ2) is 8.71. The summed E-state index contributed by atoms with van der Waals surface area (Å²) < 4.78 is 6.27. The Morgan fingerprint density at radius 1 is 0.763 bits per heavy atom. The van der Waals surface area contributed by atoms with Gasteiger partial charge in [-0.15, -0.1) is 0 Å². The second-order valence-corrected chi connectivity index (χ2v) is 16.4. The van der Waals surface area contributed by atoms with E-state index in [1.165, 1.54) is 57.8 Å². The van der Waals surface area contributed by atoms with E-state index in [4.69, 9.17) is 4.74 Å². The Kier molecular flexibility index (Phi) is 6.11. The minimum Gasteiger partial charge on any atom is -0.458 e. The molecule has 0 bridgehead atoms. The van der Waals surface area contributed by atoms with E-state index in [0.717, 1.165) is 24.2 Å². The van der Waals surface area contributed by atoms with Crippen molar-refractivity contribution in [3.05, 3.63) is 47.5 Å². The molecule has 0 spiro atoms. The van der Waals surface area contributed by atoms with Crippen LogP contribution in [0.15, 0.2) is 42.0 Å². The van der Waals surface area contributed by atoms with Crippen molar-refractivity contribution in [2.45, 2.75) is 119 Å². The van der Waals surface area contributed by atoms with Crippen molar-refractivity contribution in [3.8, 4) is 0 Å². The summed E-state index contributed by atoms with van der Waals surface area (Å²) in [5, 5.41) is 0. The number of allylic oxidation sites excluding steroid dienone is 2. The molecule has 1 aromatic carbocycles. The number of ether oxygens (including phenoxy) is 1. The zero-order chi connectivity index (χ0) is 27.1. The molecule has 0 N–H and O–H groups in total. The highest BCUT2D eigenvalue weighted by molar-refractivity contribution is 5.89. The van der Waals surface area contributed by atoms with Gasteiger partial charge in [0.2, 0.25) is 0 Å². The molecule has 2 heteroatoms. The van der Waals surface area contributed by atoms with Gasteiger partial charge in [0.25, 0.3) is 0 Å². The average molecular weight is 517 g/mol. The Morgan fingerprint density at radius 2 is 1.47 bits per heavy atom. The maximum Gasteiger partial charge on any atom is 0.338 e. The third kappa shape index (κ3) is 3.89. The van der Waals surface area contributed by atoms with Crippen molar-refractivity contribution in [3.63, 3.8) is 0 Å². The van der Waals surface area contributed by atoms with Crippen molar-refractivity contribution in [2.75, 3.05) is 0 Å². The molecule has 0 aliphatic heterocycles. The number of fused-ring (bicyclic) bond motifs is 7. The summed E-state index contributed by atoms with van der Waals surface area (Å²) in [4.78, 5) is 13.0. The van der Waals surface area contributed by atoms with E-state index in [-0.39, 0.29) is 17.5 Å². The molecule has 0 aromatic heterocycles. The van der Waals surface area contributed by atoms with Crippen LogP contribution in [-0.4, -0.2) is 12.1 Å². The summed E-state index contributed by atoms with van der Waals surface area (Å²) in [6, 6.07) is 9.56. The van der Waals surface area contributed by atoms with Crippen LogP contribution in [0.5, 0.6) is 0 Å². The van der Waals surface area contributed by atoms with Crippen LogP contribution in [0.4, 0.5) is 0 Å². The second-order valence-electron chi connectivity index (χ2n) is 16.4. The molecule has 6 rings (SSSR count). The van der Waals surface area contributed by atoms with Crippen molar-refractivity contribution >= 4 is 5.97 Å². The number of rotatable bonds is 2.